The summed E-state index contributed by atoms with van der Waals surface area (Å²) in [5.41, 5.74) is 0. The van der Waals surface area contributed by atoms with Crippen LogP contribution in [0.5, 0.6) is 0 Å². The molecule has 0 radical (unpaired) electrons. The minimum atomic E-state index is 0.663. The first-order valence-corrected chi connectivity index (χ1v) is 4.82. The Morgan fingerprint density at radius 2 is 2.36 bits per heavy atom. The van der Waals surface area contributed by atoms with Gasteiger partial charge >= 0.3 is 0 Å². The quantitative estimate of drug-likeness (QED) is 0.773. The van der Waals surface area contributed by atoms with Crippen LogP contribution in [0.1, 0.15) is 12.7 Å². The van der Waals surface area contributed by atoms with Gasteiger partial charge in [0.25, 0.3) is 0 Å². The molecule has 0 fully saturated rings. The third-order valence-corrected chi connectivity index (χ3v) is 2.42. The largest absolute Gasteiger partial charge is 0.337 e. The molecule has 0 amide bonds. The zero-order valence-electron chi connectivity index (χ0n) is 7.84. The predicted molar refractivity (Wildman–Crippen MR) is 54.4 cm³/mol. The highest BCUT2D eigenvalue weighted by Gasteiger charge is 2.03. The molecular formula is C8H11N5S. The maximum atomic E-state index is 5.09. The molecule has 2 rings (SSSR count). The van der Waals surface area contributed by atoms with Crippen molar-refractivity contribution < 1.29 is 0 Å². The highest BCUT2D eigenvalue weighted by molar-refractivity contribution is 7.71. The van der Waals surface area contributed by atoms with E-state index in [4.69, 9.17) is 12.2 Å². The van der Waals surface area contributed by atoms with Gasteiger partial charge in [-0.05, 0) is 19.1 Å². The second kappa shape index (κ2) is 3.75. The van der Waals surface area contributed by atoms with Gasteiger partial charge in [0, 0.05) is 18.9 Å². The number of nitrogens with one attached hydrogen (secondary N) is 1. The van der Waals surface area contributed by atoms with Gasteiger partial charge in [-0.2, -0.15) is 0 Å². The van der Waals surface area contributed by atoms with Crippen molar-refractivity contribution in [2.24, 2.45) is 0 Å². The van der Waals surface area contributed by atoms with Crippen molar-refractivity contribution in [3.05, 3.63) is 29.3 Å². The molecule has 0 spiro atoms. The number of aryl methyl sites for hydroxylation is 1. The van der Waals surface area contributed by atoms with Crippen LogP contribution in [-0.4, -0.2) is 24.3 Å². The lowest BCUT2D eigenvalue weighted by atomic mass is 10.5. The fourth-order valence-electron chi connectivity index (χ4n) is 1.29. The van der Waals surface area contributed by atoms with Crippen LogP contribution in [0, 0.1) is 4.77 Å². The zero-order chi connectivity index (χ0) is 9.97. The molecule has 0 unspecified atom stereocenters. The first kappa shape index (κ1) is 9.14. The Balaban J connectivity index is 2.27. The van der Waals surface area contributed by atoms with E-state index in [1.807, 2.05) is 21.5 Å². The second-order valence-corrected chi connectivity index (χ2v) is 3.31. The number of hydrogen-bond donors (Lipinski definition) is 1. The van der Waals surface area contributed by atoms with Crippen LogP contribution in [0.2, 0.25) is 0 Å². The molecule has 2 heterocycles. The predicted octanol–water partition coefficient (Wildman–Crippen LogP) is 1.21. The molecule has 1 N–H and O–H groups in total. The van der Waals surface area contributed by atoms with Gasteiger partial charge in [0.2, 0.25) is 0 Å². The average Bonchev–Trinajstić information content (AvgIpc) is 2.77. The molecule has 0 aliphatic rings. The highest BCUT2D eigenvalue weighted by Crippen LogP contribution is 2.00. The molecule has 5 nitrogen and oxygen atoms in total. The van der Waals surface area contributed by atoms with Crippen molar-refractivity contribution in [2.75, 3.05) is 0 Å². The van der Waals surface area contributed by atoms with E-state index in [9.17, 15) is 0 Å². The van der Waals surface area contributed by atoms with E-state index >= 15 is 0 Å². The van der Waals surface area contributed by atoms with Crippen LogP contribution in [0.15, 0.2) is 18.7 Å². The van der Waals surface area contributed by atoms with Gasteiger partial charge < -0.3 is 14.1 Å². The summed E-state index contributed by atoms with van der Waals surface area (Å²) in [6, 6.07) is 0. The van der Waals surface area contributed by atoms with Gasteiger partial charge in [0.1, 0.15) is 6.33 Å². The fourth-order valence-corrected chi connectivity index (χ4v) is 1.48. The summed E-state index contributed by atoms with van der Waals surface area (Å²) in [4.78, 5) is 2.94. The number of aromatic nitrogens is 5. The van der Waals surface area contributed by atoms with Crippen LogP contribution in [-0.2, 0) is 13.1 Å². The molecule has 0 saturated carbocycles. The molecule has 2 aromatic rings. The van der Waals surface area contributed by atoms with Gasteiger partial charge in [0.05, 0.1) is 6.54 Å². The number of H-pyrrole nitrogens is 1. The molecule has 0 aromatic carbocycles. The molecule has 0 atom stereocenters. The Morgan fingerprint density at radius 1 is 1.50 bits per heavy atom. The van der Waals surface area contributed by atoms with Gasteiger partial charge in [-0.3, -0.25) is 0 Å². The number of nitrogens with zero attached hydrogens (tertiary/aromatic N) is 4. The highest BCUT2D eigenvalue weighted by atomic mass is 32.1. The summed E-state index contributed by atoms with van der Waals surface area (Å²) in [6.07, 6.45) is 5.44. The maximum absolute atomic E-state index is 5.09. The number of rotatable bonds is 3. The molecule has 2 aromatic heterocycles. The van der Waals surface area contributed by atoms with E-state index in [-0.39, 0.29) is 0 Å². The van der Waals surface area contributed by atoms with E-state index in [1.165, 1.54) is 0 Å². The van der Waals surface area contributed by atoms with E-state index in [0.29, 0.717) is 11.3 Å². The maximum Gasteiger partial charge on any atom is 0.177 e. The zero-order valence-corrected chi connectivity index (χ0v) is 8.66. The lowest BCUT2D eigenvalue weighted by Crippen LogP contribution is -2.06. The van der Waals surface area contributed by atoms with Crippen LogP contribution in [0.25, 0.3) is 0 Å². The standard InChI is InChI=1S/C8H11N5S/c1-2-12-6-10-11-7(12)5-13-4-3-9-8(13)14/h3-4,6H,2,5H2,1H3,(H,9,14). The molecule has 0 aliphatic heterocycles. The van der Waals surface area contributed by atoms with Gasteiger partial charge in [-0.15, -0.1) is 10.2 Å². The molecule has 74 valence electrons. The Morgan fingerprint density at radius 3 is 3.00 bits per heavy atom. The van der Waals surface area contributed by atoms with E-state index in [2.05, 4.69) is 22.1 Å². The molecule has 0 saturated heterocycles. The van der Waals surface area contributed by atoms with Gasteiger partial charge in [0.15, 0.2) is 10.6 Å². The summed E-state index contributed by atoms with van der Waals surface area (Å²) in [6.45, 7) is 3.60. The summed E-state index contributed by atoms with van der Waals surface area (Å²) in [5, 5.41) is 7.89. The van der Waals surface area contributed by atoms with Crippen molar-refractivity contribution in [3.63, 3.8) is 0 Å². The van der Waals surface area contributed by atoms with Gasteiger partial charge in [-0.1, -0.05) is 0 Å². The van der Waals surface area contributed by atoms with Crippen LogP contribution in [0.4, 0.5) is 0 Å². The lowest BCUT2D eigenvalue weighted by Gasteiger charge is -2.03. The molecular weight excluding hydrogens is 198 g/mol. The van der Waals surface area contributed by atoms with Crippen LogP contribution < -0.4 is 0 Å². The molecule has 14 heavy (non-hydrogen) atoms. The normalized spacial score (nSPS) is 10.6. The van der Waals surface area contributed by atoms with E-state index in [1.54, 1.807) is 6.33 Å². The van der Waals surface area contributed by atoms with Crippen molar-refractivity contribution in [1.82, 2.24) is 24.3 Å². The lowest BCUT2D eigenvalue weighted by molar-refractivity contribution is 0.647. The third-order valence-electron chi connectivity index (χ3n) is 2.07. The SMILES string of the molecule is CCn1cnnc1Cn1cc[nH]c1=S. The van der Waals surface area contributed by atoms with E-state index in [0.717, 1.165) is 12.4 Å². The second-order valence-electron chi connectivity index (χ2n) is 2.93. The number of aromatic amines is 1. The number of imidazole rings is 1. The molecule has 0 bridgehead atoms. The summed E-state index contributed by atoms with van der Waals surface area (Å²) in [7, 11) is 0. The van der Waals surface area contributed by atoms with E-state index < -0.39 is 0 Å². The Hall–Kier alpha value is -1.43. The first-order valence-electron chi connectivity index (χ1n) is 4.41. The Bertz CT molecular complexity index is 466. The average molecular weight is 209 g/mol. The third kappa shape index (κ3) is 1.60. The summed E-state index contributed by atoms with van der Waals surface area (Å²) in [5.74, 6) is 0.920. The Labute approximate surface area is 86.4 Å². The minimum absolute atomic E-state index is 0.663. The number of hydrogen-bond acceptors (Lipinski definition) is 3. The van der Waals surface area contributed by atoms with Crippen molar-refractivity contribution in [3.8, 4) is 0 Å². The van der Waals surface area contributed by atoms with Crippen LogP contribution in [0.3, 0.4) is 0 Å². The Kier molecular flexibility index (Phi) is 2.45. The topological polar surface area (TPSA) is 51.4 Å². The summed E-state index contributed by atoms with van der Waals surface area (Å²) < 4.78 is 4.62. The summed E-state index contributed by atoms with van der Waals surface area (Å²) >= 11 is 5.09. The van der Waals surface area contributed by atoms with Gasteiger partial charge in [-0.25, -0.2) is 0 Å². The first-order chi connectivity index (χ1) is 6.81. The minimum Gasteiger partial charge on any atom is -0.337 e. The van der Waals surface area contributed by atoms with Crippen molar-refractivity contribution in [1.29, 1.82) is 0 Å². The molecule has 0 aliphatic carbocycles. The monoisotopic (exact) mass is 209 g/mol. The fraction of sp³-hybridized carbons (Fsp3) is 0.375. The van der Waals surface area contributed by atoms with Crippen molar-refractivity contribution >= 4 is 12.2 Å². The molecule has 6 heteroatoms. The van der Waals surface area contributed by atoms with Crippen LogP contribution >= 0.6 is 12.2 Å². The smallest absolute Gasteiger partial charge is 0.177 e. The van der Waals surface area contributed by atoms with Crippen molar-refractivity contribution in [2.45, 2.75) is 20.0 Å².